The fourth-order valence-electron chi connectivity index (χ4n) is 1.83. The molecule has 0 atom stereocenters. The Morgan fingerprint density at radius 2 is 2.00 bits per heavy atom. The van der Waals surface area contributed by atoms with E-state index in [2.05, 4.69) is 5.32 Å². The van der Waals surface area contributed by atoms with Crippen LogP contribution in [0.15, 0.2) is 24.3 Å². The van der Waals surface area contributed by atoms with Crippen molar-refractivity contribution < 1.29 is 9.90 Å². The summed E-state index contributed by atoms with van der Waals surface area (Å²) in [4.78, 5) is 14.0. The van der Waals surface area contributed by atoms with E-state index in [1.54, 1.807) is 4.90 Å². The third-order valence-electron chi connectivity index (χ3n) is 2.93. The van der Waals surface area contributed by atoms with Gasteiger partial charge in [-0.2, -0.15) is 0 Å². The van der Waals surface area contributed by atoms with Gasteiger partial charge in [-0.25, -0.2) is 0 Å². The highest BCUT2D eigenvalue weighted by Gasteiger charge is 2.14. The van der Waals surface area contributed by atoms with E-state index in [0.717, 1.165) is 31.5 Å². The van der Waals surface area contributed by atoms with Gasteiger partial charge in [0.05, 0.1) is 5.56 Å². The van der Waals surface area contributed by atoms with Crippen molar-refractivity contribution in [3.63, 3.8) is 0 Å². The van der Waals surface area contributed by atoms with E-state index in [1.165, 1.54) is 0 Å². The smallest absolute Gasteiger partial charge is 0.255 e. The second kappa shape index (κ2) is 7.71. The first-order valence-electron chi connectivity index (χ1n) is 6.33. The van der Waals surface area contributed by atoms with Gasteiger partial charge in [0.25, 0.3) is 5.91 Å². The molecule has 2 N–H and O–H groups in total. The molecule has 0 aromatic heterocycles. The lowest BCUT2D eigenvalue weighted by molar-refractivity contribution is 0.0793. The molecule has 100 valence electrons. The minimum absolute atomic E-state index is 0.0314. The largest absolute Gasteiger partial charge is 0.396 e. The van der Waals surface area contributed by atoms with E-state index in [9.17, 15) is 4.79 Å². The van der Waals surface area contributed by atoms with Crippen molar-refractivity contribution in [3.05, 3.63) is 29.8 Å². The van der Waals surface area contributed by atoms with E-state index < -0.39 is 0 Å². The monoisotopic (exact) mass is 250 g/mol. The normalized spacial score (nSPS) is 10.2. The summed E-state index contributed by atoms with van der Waals surface area (Å²) in [5, 5.41) is 11.7. The van der Waals surface area contributed by atoms with Crippen molar-refractivity contribution in [3.8, 4) is 0 Å². The average molecular weight is 250 g/mol. The van der Waals surface area contributed by atoms with E-state index >= 15 is 0 Å². The lowest BCUT2D eigenvalue weighted by atomic mass is 10.1. The summed E-state index contributed by atoms with van der Waals surface area (Å²) in [5.74, 6) is 0.0314. The number of aliphatic hydroxyl groups excluding tert-OH is 1. The first kappa shape index (κ1) is 14.5. The quantitative estimate of drug-likeness (QED) is 0.727. The van der Waals surface area contributed by atoms with Gasteiger partial charge in [0.1, 0.15) is 0 Å². The van der Waals surface area contributed by atoms with Gasteiger partial charge < -0.3 is 15.3 Å². The summed E-state index contributed by atoms with van der Waals surface area (Å²) in [6.07, 6.45) is 2.67. The lowest BCUT2D eigenvalue weighted by Gasteiger charge is -2.18. The van der Waals surface area contributed by atoms with E-state index in [-0.39, 0.29) is 12.5 Å². The number of hydrogen-bond acceptors (Lipinski definition) is 3. The topological polar surface area (TPSA) is 52.6 Å². The van der Waals surface area contributed by atoms with Crippen LogP contribution in [0.2, 0.25) is 0 Å². The number of rotatable bonds is 7. The predicted octanol–water partition coefficient (Wildman–Crippen LogP) is 1.96. The second-order valence-electron chi connectivity index (χ2n) is 4.31. The summed E-state index contributed by atoms with van der Waals surface area (Å²) in [6.45, 7) is 0.942. The Bertz CT molecular complexity index is 380. The van der Waals surface area contributed by atoms with Gasteiger partial charge in [-0.15, -0.1) is 0 Å². The fourth-order valence-corrected chi connectivity index (χ4v) is 1.83. The number of aliphatic hydroxyl groups is 1. The molecule has 4 nitrogen and oxygen atoms in total. The average Bonchev–Trinajstić information content (AvgIpc) is 2.42. The van der Waals surface area contributed by atoms with Crippen molar-refractivity contribution >= 4 is 11.6 Å². The molecule has 0 aliphatic heterocycles. The Morgan fingerprint density at radius 1 is 1.28 bits per heavy atom. The van der Waals surface area contributed by atoms with Crippen molar-refractivity contribution in [2.75, 3.05) is 32.6 Å². The molecule has 1 rings (SSSR count). The predicted molar refractivity (Wildman–Crippen MR) is 73.9 cm³/mol. The van der Waals surface area contributed by atoms with E-state index in [0.29, 0.717) is 5.56 Å². The number of unbranched alkanes of at least 4 members (excludes halogenated alkanes) is 2. The van der Waals surface area contributed by atoms with Crippen molar-refractivity contribution in [2.24, 2.45) is 0 Å². The second-order valence-corrected chi connectivity index (χ2v) is 4.31. The van der Waals surface area contributed by atoms with Crippen LogP contribution < -0.4 is 5.32 Å². The number of carbonyl (C=O) groups excluding carboxylic acids is 1. The van der Waals surface area contributed by atoms with Crippen molar-refractivity contribution in [1.82, 2.24) is 4.90 Å². The number of amides is 1. The molecule has 0 aliphatic carbocycles. The molecule has 1 amide bonds. The number of para-hydroxylation sites is 1. The van der Waals surface area contributed by atoms with Crippen LogP contribution in [0, 0.1) is 0 Å². The number of carbonyl (C=O) groups is 1. The summed E-state index contributed by atoms with van der Waals surface area (Å²) in [7, 11) is 3.63. The molecule has 0 heterocycles. The molecule has 1 aromatic carbocycles. The van der Waals surface area contributed by atoms with Crippen LogP contribution in [0.25, 0.3) is 0 Å². The summed E-state index contributed by atoms with van der Waals surface area (Å²) < 4.78 is 0. The maximum absolute atomic E-state index is 12.2. The number of benzene rings is 1. The zero-order valence-electron chi connectivity index (χ0n) is 11.1. The van der Waals surface area contributed by atoms with Gasteiger partial charge in [-0.1, -0.05) is 12.1 Å². The van der Waals surface area contributed by atoms with Crippen LogP contribution in [0.4, 0.5) is 5.69 Å². The number of hydrogen-bond donors (Lipinski definition) is 2. The summed E-state index contributed by atoms with van der Waals surface area (Å²) >= 11 is 0. The molecule has 0 fully saturated rings. The highest BCUT2D eigenvalue weighted by molar-refractivity contribution is 5.99. The van der Waals surface area contributed by atoms with Gasteiger partial charge in [0.15, 0.2) is 0 Å². The van der Waals surface area contributed by atoms with Gasteiger partial charge in [0, 0.05) is 32.9 Å². The Labute approximate surface area is 109 Å². The van der Waals surface area contributed by atoms with Crippen LogP contribution in [0.5, 0.6) is 0 Å². The molecule has 0 saturated heterocycles. The Kier molecular flexibility index (Phi) is 6.22. The van der Waals surface area contributed by atoms with E-state index in [1.807, 2.05) is 38.4 Å². The van der Waals surface area contributed by atoms with Gasteiger partial charge in [0.2, 0.25) is 0 Å². The third-order valence-corrected chi connectivity index (χ3v) is 2.93. The summed E-state index contributed by atoms with van der Waals surface area (Å²) in [5.41, 5.74) is 1.55. The summed E-state index contributed by atoms with van der Waals surface area (Å²) in [6, 6.07) is 7.50. The molecular formula is C14H22N2O2. The zero-order chi connectivity index (χ0) is 13.4. The molecule has 4 heteroatoms. The maximum atomic E-state index is 12.2. The van der Waals surface area contributed by atoms with Gasteiger partial charge in [-0.3, -0.25) is 4.79 Å². The van der Waals surface area contributed by atoms with Crippen LogP contribution >= 0.6 is 0 Å². The zero-order valence-corrected chi connectivity index (χ0v) is 11.1. The first-order valence-corrected chi connectivity index (χ1v) is 6.33. The SMILES string of the molecule is CNc1ccccc1C(=O)N(C)CCCCCO. The Morgan fingerprint density at radius 3 is 2.67 bits per heavy atom. The number of nitrogens with zero attached hydrogens (tertiary/aromatic N) is 1. The minimum Gasteiger partial charge on any atom is -0.396 e. The standard InChI is InChI=1S/C14H22N2O2/c1-15-13-9-5-4-8-12(13)14(18)16(2)10-6-3-7-11-17/h4-5,8-9,15,17H,3,6-7,10-11H2,1-2H3. The molecule has 0 aliphatic rings. The molecule has 0 spiro atoms. The van der Waals surface area contributed by atoms with Crippen molar-refractivity contribution in [2.45, 2.75) is 19.3 Å². The van der Waals surface area contributed by atoms with Gasteiger partial charge >= 0.3 is 0 Å². The minimum atomic E-state index is 0.0314. The third kappa shape index (κ3) is 4.04. The molecular weight excluding hydrogens is 228 g/mol. The van der Waals surface area contributed by atoms with Crippen LogP contribution in [-0.4, -0.2) is 43.2 Å². The van der Waals surface area contributed by atoms with Crippen LogP contribution in [0.1, 0.15) is 29.6 Å². The molecule has 0 radical (unpaired) electrons. The van der Waals surface area contributed by atoms with E-state index in [4.69, 9.17) is 5.11 Å². The molecule has 0 unspecified atom stereocenters. The highest BCUT2D eigenvalue weighted by atomic mass is 16.2. The maximum Gasteiger partial charge on any atom is 0.255 e. The number of anilines is 1. The van der Waals surface area contributed by atoms with Crippen LogP contribution in [0.3, 0.4) is 0 Å². The molecule has 0 saturated carbocycles. The van der Waals surface area contributed by atoms with Gasteiger partial charge in [-0.05, 0) is 31.4 Å². The highest BCUT2D eigenvalue weighted by Crippen LogP contribution is 2.16. The van der Waals surface area contributed by atoms with Crippen LogP contribution in [-0.2, 0) is 0 Å². The molecule has 18 heavy (non-hydrogen) atoms. The van der Waals surface area contributed by atoms with Crippen molar-refractivity contribution in [1.29, 1.82) is 0 Å². The molecule has 1 aromatic rings. The Hall–Kier alpha value is -1.55. The molecule has 0 bridgehead atoms. The fraction of sp³-hybridized carbons (Fsp3) is 0.500. The number of nitrogens with one attached hydrogen (secondary N) is 1. The first-order chi connectivity index (χ1) is 8.70. The Balaban J connectivity index is 2.57. The lowest BCUT2D eigenvalue weighted by Crippen LogP contribution is -2.28.